The summed E-state index contributed by atoms with van der Waals surface area (Å²) in [5.74, 6) is 1.84. The van der Waals surface area contributed by atoms with E-state index in [0.717, 1.165) is 31.1 Å². The highest BCUT2D eigenvalue weighted by Gasteiger charge is 2.24. The second kappa shape index (κ2) is 4.43. The van der Waals surface area contributed by atoms with Crippen molar-refractivity contribution in [3.63, 3.8) is 0 Å². The number of hydrogen-bond acceptors (Lipinski definition) is 3. The predicted octanol–water partition coefficient (Wildman–Crippen LogP) is 2.13. The Morgan fingerprint density at radius 2 is 2.33 bits per heavy atom. The number of rotatable bonds is 5. The summed E-state index contributed by atoms with van der Waals surface area (Å²) in [7, 11) is 0. The van der Waals surface area contributed by atoms with Gasteiger partial charge in [-0.1, -0.05) is 0 Å². The lowest BCUT2D eigenvalue weighted by atomic mass is 10.3. The van der Waals surface area contributed by atoms with Crippen molar-refractivity contribution >= 4 is 12.1 Å². The molecule has 0 amide bonds. The molecule has 0 bridgehead atoms. The van der Waals surface area contributed by atoms with E-state index in [-0.39, 0.29) is 0 Å². The van der Waals surface area contributed by atoms with Gasteiger partial charge in [-0.15, -0.1) is 0 Å². The Hall–Kier alpha value is -1.38. The van der Waals surface area contributed by atoms with Crippen LogP contribution in [0.3, 0.4) is 0 Å². The summed E-state index contributed by atoms with van der Waals surface area (Å²) in [6.45, 7) is 4.21. The van der Waals surface area contributed by atoms with Gasteiger partial charge in [0.05, 0.1) is 0 Å². The van der Waals surface area contributed by atoms with Crippen molar-refractivity contribution in [3.05, 3.63) is 23.9 Å². The van der Waals surface area contributed by atoms with Crippen LogP contribution >= 0.6 is 0 Å². The zero-order valence-corrected chi connectivity index (χ0v) is 9.02. The standard InChI is InChI=1S/C12H16N2O/c1-2-14(8-10-3-4-10)12-6-5-11(9-15)7-13-12/h5-7,9-10H,2-4,8H2,1H3. The molecule has 0 unspecified atom stereocenters. The minimum Gasteiger partial charge on any atom is -0.357 e. The first-order valence-corrected chi connectivity index (χ1v) is 5.49. The Balaban J connectivity index is 2.06. The van der Waals surface area contributed by atoms with E-state index in [4.69, 9.17) is 0 Å². The van der Waals surface area contributed by atoms with Crippen molar-refractivity contribution in [2.24, 2.45) is 5.92 Å². The molecule has 1 aliphatic rings. The van der Waals surface area contributed by atoms with Crippen LogP contribution in [0.15, 0.2) is 18.3 Å². The topological polar surface area (TPSA) is 33.2 Å². The summed E-state index contributed by atoms with van der Waals surface area (Å²) < 4.78 is 0. The van der Waals surface area contributed by atoms with Crippen molar-refractivity contribution in [1.82, 2.24) is 4.98 Å². The number of pyridine rings is 1. The van der Waals surface area contributed by atoms with Crippen LogP contribution in [0.5, 0.6) is 0 Å². The van der Waals surface area contributed by atoms with Gasteiger partial charge in [0, 0.05) is 24.8 Å². The van der Waals surface area contributed by atoms with Gasteiger partial charge in [0.1, 0.15) is 5.82 Å². The zero-order valence-electron chi connectivity index (χ0n) is 9.02. The predicted molar refractivity (Wildman–Crippen MR) is 60.2 cm³/mol. The fourth-order valence-corrected chi connectivity index (χ4v) is 1.65. The molecule has 2 rings (SSSR count). The number of carbonyl (C=O) groups is 1. The van der Waals surface area contributed by atoms with Crippen molar-refractivity contribution in [2.75, 3.05) is 18.0 Å². The first-order chi connectivity index (χ1) is 7.33. The van der Waals surface area contributed by atoms with Crippen LogP contribution in [0.4, 0.5) is 5.82 Å². The van der Waals surface area contributed by atoms with E-state index in [1.165, 1.54) is 12.8 Å². The van der Waals surface area contributed by atoms with Crippen molar-refractivity contribution in [2.45, 2.75) is 19.8 Å². The molecule has 0 spiro atoms. The Bertz CT molecular complexity index is 330. The molecule has 0 aliphatic heterocycles. The fourth-order valence-electron chi connectivity index (χ4n) is 1.65. The number of carbonyl (C=O) groups excluding carboxylic acids is 1. The molecule has 0 N–H and O–H groups in total. The zero-order chi connectivity index (χ0) is 10.7. The maximum absolute atomic E-state index is 10.5. The molecular formula is C12H16N2O. The first kappa shape index (κ1) is 10.1. The van der Waals surface area contributed by atoms with Crippen LogP contribution in [0.2, 0.25) is 0 Å². The number of aromatic nitrogens is 1. The molecule has 0 aromatic carbocycles. The lowest BCUT2D eigenvalue weighted by Crippen LogP contribution is -2.26. The summed E-state index contributed by atoms with van der Waals surface area (Å²) in [6, 6.07) is 3.75. The van der Waals surface area contributed by atoms with Crippen molar-refractivity contribution in [3.8, 4) is 0 Å². The Labute approximate surface area is 90.1 Å². The van der Waals surface area contributed by atoms with Gasteiger partial charge in [0.25, 0.3) is 0 Å². The summed E-state index contributed by atoms with van der Waals surface area (Å²) in [4.78, 5) is 17.1. The van der Waals surface area contributed by atoms with E-state index in [9.17, 15) is 4.79 Å². The van der Waals surface area contributed by atoms with Crippen molar-refractivity contribution in [1.29, 1.82) is 0 Å². The molecular weight excluding hydrogens is 188 g/mol. The highest BCUT2D eigenvalue weighted by molar-refractivity contribution is 5.74. The van der Waals surface area contributed by atoms with Crippen LogP contribution in [-0.2, 0) is 0 Å². The van der Waals surface area contributed by atoms with Gasteiger partial charge in [0.15, 0.2) is 6.29 Å². The molecule has 3 nitrogen and oxygen atoms in total. The molecule has 1 aromatic heterocycles. The first-order valence-electron chi connectivity index (χ1n) is 5.49. The molecule has 1 fully saturated rings. The average Bonchev–Trinajstić information content (AvgIpc) is 3.10. The molecule has 0 atom stereocenters. The van der Waals surface area contributed by atoms with Crippen LogP contribution in [0.25, 0.3) is 0 Å². The van der Waals surface area contributed by atoms with E-state index in [2.05, 4.69) is 16.8 Å². The minimum atomic E-state index is 0.640. The second-order valence-corrected chi connectivity index (χ2v) is 4.05. The normalized spacial score (nSPS) is 15.0. The molecule has 0 radical (unpaired) electrons. The molecule has 3 heteroatoms. The van der Waals surface area contributed by atoms with E-state index in [1.54, 1.807) is 6.20 Å². The van der Waals surface area contributed by atoms with Crippen LogP contribution < -0.4 is 4.90 Å². The van der Waals surface area contributed by atoms with Gasteiger partial charge in [0.2, 0.25) is 0 Å². The molecule has 80 valence electrons. The Kier molecular flexibility index (Phi) is 2.99. The average molecular weight is 204 g/mol. The summed E-state index contributed by atoms with van der Waals surface area (Å²) in [5, 5.41) is 0. The van der Waals surface area contributed by atoms with E-state index < -0.39 is 0 Å². The summed E-state index contributed by atoms with van der Waals surface area (Å²) >= 11 is 0. The molecule has 0 saturated heterocycles. The van der Waals surface area contributed by atoms with Gasteiger partial charge in [-0.25, -0.2) is 4.98 Å². The smallest absolute Gasteiger partial charge is 0.151 e. The number of anilines is 1. The molecule has 1 aromatic rings. The van der Waals surface area contributed by atoms with Gasteiger partial charge in [-0.3, -0.25) is 4.79 Å². The maximum Gasteiger partial charge on any atom is 0.151 e. The number of hydrogen-bond donors (Lipinski definition) is 0. The summed E-state index contributed by atoms with van der Waals surface area (Å²) in [6.07, 6.45) is 5.16. The largest absolute Gasteiger partial charge is 0.357 e. The quantitative estimate of drug-likeness (QED) is 0.689. The fraction of sp³-hybridized carbons (Fsp3) is 0.500. The van der Waals surface area contributed by atoms with Crippen LogP contribution in [-0.4, -0.2) is 24.4 Å². The number of aldehydes is 1. The molecule has 15 heavy (non-hydrogen) atoms. The maximum atomic E-state index is 10.5. The van der Waals surface area contributed by atoms with E-state index >= 15 is 0 Å². The Morgan fingerprint density at radius 1 is 1.53 bits per heavy atom. The third kappa shape index (κ3) is 2.55. The van der Waals surface area contributed by atoms with Crippen LogP contribution in [0.1, 0.15) is 30.1 Å². The van der Waals surface area contributed by atoms with E-state index in [0.29, 0.717) is 5.56 Å². The van der Waals surface area contributed by atoms with Gasteiger partial charge < -0.3 is 4.90 Å². The summed E-state index contributed by atoms with van der Waals surface area (Å²) in [5.41, 5.74) is 0.640. The highest BCUT2D eigenvalue weighted by atomic mass is 16.1. The van der Waals surface area contributed by atoms with Crippen molar-refractivity contribution < 1.29 is 4.79 Å². The Morgan fingerprint density at radius 3 is 2.80 bits per heavy atom. The SMILES string of the molecule is CCN(CC1CC1)c1ccc(C=O)cn1. The van der Waals surface area contributed by atoms with E-state index in [1.807, 2.05) is 12.1 Å². The molecule has 1 saturated carbocycles. The molecule has 1 aliphatic carbocycles. The van der Waals surface area contributed by atoms with Crippen LogP contribution in [0, 0.1) is 5.92 Å². The van der Waals surface area contributed by atoms with Gasteiger partial charge in [-0.2, -0.15) is 0 Å². The third-order valence-corrected chi connectivity index (χ3v) is 2.79. The lowest BCUT2D eigenvalue weighted by Gasteiger charge is -2.21. The molecule has 1 heterocycles. The third-order valence-electron chi connectivity index (χ3n) is 2.79. The highest BCUT2D eigenvalue weighted by Crippen LogP contribution is 2.30. The monoisotopic (exact) mass is 204 g/mol. The second-order valence-electron chi connectivity index (χ2n) is 4.05. The minimum absolute atomic E-state index is 0.640. The number of nitrogens with zero attached hydrogens (tertiary/aromatic N) is 2. The van der Waals surface area contributed by atoms with Gasteiger partial charge >= 0.3 is 0 Å². The van der Waals surface area contributed by atoms with Gasteiger partial charge in [-0.05, 0) is 37.8 Å². The lowest BCUT2D eigenvalue weighted by molar-refractivity contribution is 0.112.